The zero-order valence-corrected chi connectivity index (χ0v) is 19.5. The summed E-state index contributed by atoms with van der Waals surface area (Å²) in [5, 5.41) is 12.1. The lowest BCUT2D eigenvalue weighted by Crippen LogP contribution is -2.37. The van der Waals surface area contributed by atoms with Gasteiger partial charge in [0.1, 0.15) is 29.5 Å². The lowest BCUT2D eigenvalue weighted by Gasteiger charge is -2.28. The van der Waals surface area contributed by atoms with Crippen molar-refractivity contribution in [1.82, 2.24) is 29.4 Å². The number of carbonyl (C=O) groups excluding carboxylic acids is 1. The lowest BCUT2D eigenvalue weighted by atomic mass is 10.1. The summed E-state index contributed by atoms with van der Waals surface area (Å²) in [5.74, 6) is -0.0763. The molecule has 0 bridgehead atoms. The molecule has 6 rings (SSSR count). The van der Waals surface area contributed by atoms with Crippen LogP contribution in [0.25, 0.3) is 22.3 Å². The van der Waals surface area contributed by atoms with Gasteiger partial charge in [-0.25, -0.2) is 28.7 Å². The van der Waals surface area contributed by atoms with E-state index in [-0.39, 0.29) is 29.1 Å². The molecule has 1 aromatic carbocycles. The summed E-state index contributed by atoms with van der Waals surface area (Å²) in [6, 6.07) is 6.73. The predicted molar refractivity (Wildman–Crippen MR) is 127 cm³/mol. The molecule has 0 saturated carbocycles. The number of aryl methyl sites for hydroxylation is 1. The molecule has 0 fully saturated rings. The number of rotatable bonds is 4. The number of aliphatic hydroxyl groups excluding tert-OH is 1. The Hall–Kier alpha value is -3.99. The molecule has 9 nitrogen and oxygen atoms in total. The maximum atomic E-state index is 14.9. The SMILES string of the molecule is CC1CCc2nc3c(F)cc(-c4nc(Nc5ccc6c(n5)CCN(C(=O)CO)C6)ncc4F)cc3n21. The largest absolute Gasteiger partial charge is 0.387 e. The van der Waals surface area contributed by atoms with Crippen molar-refractivity contribution in [3.8, 4) is 11.3 Å². The summed E-state index contributed by atoms with van der Waals surface area (Å²) in [6.07, 6.45) is 3.31. The minimum Gasteiger partial charge on any atom is -0.387 e. The van der Waals surface area contributed by atoms with Crippen LogP contribution >= 0.6 is 0 Å². The van der Waals surface area contributed by atoms with Gasteiger partial charge < -0.3 is 19.9 Å². The minimum absolute atomic E-state index is 0.0226. The smallest absolute Gasteiger partial charge is 0.248 e. The molecular formula is C25H23F2N7O2. The van der Waals surface area contributed by atoms with Crippen LogP contribution in [0.2, 0.25) is 0 Å². The normalized spacial score (nSPS) is 16.8. The molecule has 0 spiro atoms. The maximum Gasteiger partial charge on any atom is 0.248 e. The van der Waals surface area contributed by atoms with Crippen molar-refractivity contribution in [2.45, 2.75) is 38.8 Å². The van der Waals surface area contributed by atoms with Gasteiger partial charge in [0.2, 0.25) is 11.9 Å². The van der Waals surface area contributed by atoms with Gasteiger partial charge in [-0.15, -0.1) is 0 Å². The van der Waals surface area contributed by atoms with Crippen molar-refractivity contribution in [3.63, 3.8) is 0 Å². The second-order valence-electron chi connectivity index (χ2n) is 9.15. The Morgan fingerprint density at radius 2 is 2.03 bits per heavy atom. The van der Waals surface area contributed by atoms with Crippen LogP contribution in [0.5, 0.6) is 0 Å². The Morgan fingerprint density at radius 3 is 2.86 bits per heavy atom. The van der Waals surface area contributed by atoms with Gasteiger partial charge in [0.05, 0.1) is 11.7 Å². The number of halogens is 2. The molecule has 3 aromatic heterocycles. The van der Waals surface area contributed by atoms with Gasteiger partial charge in [0.15, 0.2) is 11.6 Å². The first-order valence-electron chi connectivity index (χ1n) is 11.8. The molecule has 1 amide bonds. The van der Waals surface area contributed by atoms with Crippen molar-refractivity contribution in [3.05, 3.63) is 59.2 Å². The van der Waals surface area contributed by atoms with E-state index in [2.05, 4.69) is 32.2 Å². The average molecular weight is 492 g/mol. The Balaban J connectivity index is 1.30. The van der Waals surface area contributed by atoms with Crippen LogP contribution in [0.3, 0.4) is 0 Å². The van der Waals surface area contributed by atoms with E-state index in [4.69, 9.17) is 5.11 Å². The first-order valence-corrected chi connectivity index (χ1v) is 11.8. The van der Waals surface area contributed by atoms with Crippen LogP contribution in [-0.4, -0.2) is 53.6 Å². The van der Waals surface area contributed by atoms with E-state index in [9.17, 15) is 13.6 Å². The fourth-order valence-corrected chi connectivity index (χ4v) is 5.02. The second kappa shape index (κ2) is 8.59. The van der Waals surface area contributed by atoms with Crippen LogP contribution < -0.4 is 5.32 Å². The standard InChI is InChI=1S/C25H23F2N7O2/c1-13-2-5-21-31-24-16(26)8-15(9-19(24)34(13)21)23-17(27)10-28-25(32-23)30-20-4-3-14-11-33(22(36)12-35)7-6-18(14)29-20/h3-4,8-10,13,35H,2,5-7,11-12H2,1H3,(H,28,29,30,32). The summed E-state index contributed by atoms with van der Waals surface area (Å²) < 4.78 is 31.7. The zero-order chi connectivity index (χ0) is 25.0. The lowest BCUT2D eigenvalue weighted by molar-refractivity contribution is -0.135. The van der Waals surface area contributed by atoms with E-state index in [1.807, 2.05) is 10.6 Å². The fraction of sp³-hybridized carbons (Fsp3) is 0.320. The van der Waals surface area contributed by atoms with Crippen molar-refractivity contribution in [2.24, 2.45) is 0 Å². The Bertz CT molecular complexity index is 1520. The summed E-state index contributed by atoms with van der Waals surface area (Å²) in [5.41, 5.74) is 2.90. The van der Waals surface area contributed by atoms with E-state index in [1.165, 1.54) is 6.07 Å². The number of amides is 1. The quantitative estimate of drug-likeness (QED) is 0.451. The van der Waals surface area contributed by atoms with Gasteiger partial charge in [-0.1, -0.05) is 6.07 Å². The molecule has 184 valence electrons. The zero-order valence-electron chi connectivity index (χ0n) is 19.5. The third-order valence-electron chi connectivity index (χ3n) is 6.84. The summed E-state index contributed by atoms with van der Waals surface area (Å²) >= 11 is 0. The first-order chi connectivity index (χ1) is 17.4. The van der Waals surface area contributed by atoms with Gasteiger partial charge in [-0.05, 0) is 37.1 Å². The number of aliphatic hydroxyl groups is 1. The molecule has 1 unspecified atom stereocenters. The highest BCUT2D eigenvalue weighted by Crippen LogP contribution is 2.34. The number of fused-ring (bicyclic) bond motifs is 4. The molecule has 2 N–H and O–H groups in total. The average Bonchev–Trinajstić information content (AvgIpc) is 3.44. The number of nitrogens with zero attached hydrogens (tertiary/aromatic N) is 6. The third-order valence-corrected chi connectivity index (χ3v) is 6.84. The van der Waals surface area contributed by atoms with E-state index >= 15 is 0 Å². The number of aromatic nitrogens is 5. The first kappa shape index (κ1) is 22.5. The second-order valence-corrected chi connectivity index (χ2v) is 9.15. The highest BCUT2D eigenvalue weighted by atomic mass is 19.1. The molecule has 36 heavy (non-hydrogen) atoms. The van der Waals surface area contributed by atoms with Crippen LogP contribution in [0.1, 0.15) is 36.5 Å². The van der Waals surface area contributed by atoms with Gasteiger partial charge in [-0.2, -0.15) is 0 Å². The number of hydrogen-bond acceptors (Lipinski definition) is 7. The van der Waals surface area contributed by atoms with Gasteiger partial charge in [-0.3, -0.25) is 4.79 Å². The number of pyridine rings is 1. The summed E-state index contributed by atoms with van der Waals surface area (Å²) in [4.78, 5) is 30.7. The monoisotopic (exact) mass is 491 g/mol. The molecule has 1 atom stereocenters. The molecule has 0 saturated heterocycles. The number of imidazole rings is 1. The van der Waals surface area contributed by atoms with E-state index in [1.54, 1.807) is 17.0 Å². The third kappa shape index (κ3) is 3.76. The number of benzene rings is 1. The number of nitrogens with one attached hydrogen (secondary N) is 1. The van der Waals surface area contributed by atoms with E-state index < -0.39 is 18.2 Å². The van der Waals surface area contributed by atoms with E-state index in [0.29, 0.717) is 36.4 Å². The number of anilines is 2. The van der Waals surface area contributed by atoms with Crippen LogP contribution in [0.15, 0.2) is 30.5 Å². The molecule has 2 aliphatic rings. The molecule has 11 heteroatoms. The minimum atomic E-state index is -0.666. The molecule has 2 aliphatic heterocycles. The molecule has 4 aromatic rings. The molecule has 0 radical (unpaired) electrons. The highest BCUT2D eigenvalue weighted by molar-refractivity contribution is 5.83. The van der Waals surface area contributed by atoms with Crippen molar-refractivity contribution in [2.75, 3.05) is 18.5 Å². The van der Waals surface area contributed by atoms with Gasteiger partial charge >= 0.3 is 0 Å². The van der Waals surface area contributed by atoms with Gasteiger partial charge in [0.25, 0.3) is 0 Å². The maximum absolute atomic E-state index is 14.9. The molecular weight excluding hydrogens is 468 g/mol. The Morgan fingerprint density at radius 1 is 1.17 bits per heavy atom. The molecule has 0 aliphatic carbocycles. The van der Waals surface area contributed by atoms with Crippen molar-refractivity contribution < 1.29 is 18.7 Å². The number of carbonyl (C=O) groups is 1. The molecule has 5 heterocycles. The Kier molecular flexibility index (Phi) is 5.36. The van der Waals surface area contributed by atoms with Crippen LogP contribution in [0.4, 0.5) is 20.5 Å². The Labute approximate surface area is 204 Å². The van der Waals surface area contributed by atoms with Gasteiger partial charge in [0, 0.05) is 43.2 Å². The van der Waals surface area contributed by atoms with E-state index in [0.717, 1.165) is 36.1 Å². The highest BCUT2D eigenvalue weighted by Gasteiger charge is 2.25. The van der Waals surface area contributed by atoms with Crippen LogP contribution in [0, 0.1) is 11.6 Å². The number of hydrogen-bond donors (Lipinski definition) is 2. The topological polar surface area (TPSA) is 109 Å². The van der Waals surface area contributed by atoms with Crippen molar-refractivity contribution >= 4 is 28.7 Å². The van der Waals surface area contributed by atoms with Crippen LogP contribution in [-0.2, 0) is 24.2 Å². The fourth-order valence-electron chi connectivity index (χ4n) is 5.02. The summed E-state index contributed by atoms with van der Waals surface area (Å²) in [6.45, 7) is 2.38. The van der Waals surface area contributed by atoms with Crippen molar-refractivity contribution in [1.29, 1.82) is 0 Å². The predicted octanol–water partition coefficient (Wildman–Crippen LogP) is 3.29. The summed E-state index contributed by atoms with van der Waals surface area (Å²) in [7, 11) is 0.